The summed E-state index contributed by atoms with van der Waals surface area (Å²) in [6.45, 7) is 1.74. The third kappa shape index (κ3) is 4.51. The van der Waals surface area contributed by atoms with Crippen LogP contribution >= 0.6 is 15.9 Å². The molecule has 0 heterocycles. The molecule has 0 aliphatic heterocycles. The van der Waals surface area contributed by atoms with Crippen LogP contribution in [0.5, 0.6) is 0 Å². The fourth-order valence-corrected chi connectivity index (χ4v) is 3.17. The maximum Gasteiger partial charge on any atom is 0.326 e. The molecule has 0 bridgehead atoms. The summed E-state index contributed by atoms with van der Waals surface area (Å²) in [5, 5.41) is 11.2. The van der Waals surface area contributed by atoms with Crippen LogP contribution in [0.4, 0.5) is 4.39 Å². The quantitative estimate of drug-likeness (QED) is 0.766. The van der Waals surface area contributed by atoms with Gasteiger partial charge in [-0.3, -0.25) is 4.79 Å². The molecular formula is C13H15BrFNO5S. The first kappa shape index (κ1) is 18.6. The van der Waals surface area contributed by atoms with E-state index < -0.39 is 44.0 Å². The van der Waals surface area contributed by atoms with Gasteiger partial charge in [0.15, 0.2) is 15.7 Å². The summed E-state index contributed by atoms with van der Waals surface area (Å²) >= 11 is 3.01. The second-order valence-corrected chi connectivity index (χ2v) is 7.59. The summed E-state index contributed by atoms with van der Waals surface area (Å²) in [7, 11) is -3.87. The van der Waals surface area contributed by atoms with E-state index in [1.165, 1.54) is 0 Å². The fourth-order valence-electron chi connectivity index (χ4n) is 1.78. The van der Waals surface area contributed by atoms with Crippen molar-refractivity contribution in [2.24, 2.45) is 0 Å². The molecule has 9 heteroatoms. The van der Waals surface area contributed by atoms with Crippen LogP contribution in [-0.4, -0.2) is 37.7 Å². The standard InChI is InChI=1S/C13H15BrFNO5S/c1-3-4-9(13(18)19)16-12(17)8-5-7(14)6-10(11(8)15)22(2,20)21/h5-6,9H,3-4H2,1-2H3,(H,16,17)(H,18,19). The number of carbonyl (C=O) groups excluding carboxylic acids is 1. The molecule has 1 amide bonds. The number of halogens is 2. The zero-order chi connectivity index (χ0) is 17.1. The average molecular weight is 396 g/mol. The molecule has 0 radical (unpaired) electrons. The van der Waals surface area contributed by atoms with Crippen LogP contribution in [0.25, 0.3) is 0 Å². The van der Waals surface area contributed by atoms with Crippen LogP contribution in [0.15, 0.2) is 21.5 Å². The topological polar surface area (TPSA) is 101 Å². The number of rotatable bonds is 6. The molecule has 1 aromatic rings. The van der Waals surface area contributed by atoms with Crippen LogP contribution in [0.2, 0.25) is 0 Å². The van der Waals surface area contributed by atoms with Crippen molar-refractivity contribution in [2.75, 3.05) is 6.26 Å². The summed E-state index contributed by atoms with van der Waals surface area (Å²) in [5.74, 6) is -3.43. The first-order valence-electron chi connectivity index (χ1n) is 6.30. The van der Waals surface area contributed by atoms with Crippen LogP contribution in [0, 0.1) is 5.82 Å². The van der Waals surface area contributed by atoms with E-state index in [9.17, 15) is 22.4 Å². The van der Waals surface area contributed by atoms with Crippen LogP contribution < -0.4 is 5.32 Å². The van der Waals surface area contributed by atoms with Gasteiger partial charge in [0.2, 0.25) is 0 Å². The van der Waals surface area contributed by atoms with Gasteiger partial charge in [0.1, 0.15) is 10.9 Å². The molecule has 1 unspecified atom stereocenters. The highest BCUT2D eigenvalue weighted by Gasteiger charge is 2.25. The van der Waals surface area contributed by atoms with Crippen LogP contribution in [-0.2, 0) is 14.6 Å². The van der Waals surface area contributed by atoms with Gasteiger partial charge in [-0.2, -0.15) is 0 Å². The second kappa shape index (κ2) is 7.19. The number of benzene rings is 1. The largest absolute Gasteiger partial charge is 0.480 e. The highest BCUT2D eigenvalue weighted by molar-refractivity contribution is 9.10. The van der Waals surface area contributed by atoms with Crippen molar-refractivity contribution in [1.82, 2.24) is 5.32 Å². The molecule has 1 aromatic carbocycles. The highest BCUT2D eigenvalue weighted by Crippen LogP contribution is 2.24. The van der Waals surface area contributed by atoms with E-state index in [-0.39, 0.29) is 10.9 Å². The summed E-state index contributed by atoms with van der Waals surface area (Å²) in [4.78, 5) is 22.4. The van der Waals surface area contributed by atoms with Crippen molar-refractivity contribution < 1.29 is 27.5 Å². The van der Waals surface area contributed by atoms with Crippen molar-refractivity contribution in [2.45, 2.75) is 30.7 Å². The molecule has 2 N–H and O–H groups in total. The molecule has 0 aromatic heterocycles. The number of nitrogens with one attached hydrogen (secondary N) is 1. The van der Waals surface area contributed by atoms with Gasteiger partial charge in [-0.15, -0.1) is 0 Å². The van der Waals surface area contributed by atoms with Crippen LogP contribution in [0.1, 0.15) is 30.1 Å². The monoisotopic (exact) mass is 395 g/mol. The number of amides is 1. The lowest BCUT2D eigenvalue weighted by Gasteiger charge is -2.15. The van der Waals surface area contributed by atoms with Crippen molar-refractivity contribution in [3.05, 3.63) is 28.0 Å². The van der Waals surface area contributed by atoms with Crippen molar-refractivity contribution in [1.29, 1.82) is 0 Å². The number of carbonyl (C=O) groups is 2. The average Bonchev–Trinajstić information content (AvgIpc) is 2.38. The summed E-state index contributed by atoms with van der Waals surface area (Å²) in [5.41, 5.74) is -0.530. The van der Waals surface area contributed by atoms with E-state index in [0.29, 0.717) is 6.42 Å². The third-order valence-electron chi connectivity index (χ3n) is 2.83. The Balaban J connectivity index is 3.24. The minimum absolute atomic E-state index is 0.176. The van der Waals surface area contributed by atoms with Crippen molar-refractivity contribution in [3.8, 4) is 0 Å². The van der Waals surface area contributed by atoms with Gasteiger partial charge < -0.3 is 10.4 Å². The Bertz CT molecular complexity index is 705. The van der Waals surface area contributed by atoms with Crippen molar-refractivity contribution >= 4 is 37.6 Å². The second-order valence-electron chi connectivity index (χ2n) is 4.69. The Labute approximate surface area is 135 Å². The molecule has 0 fully saturated rings. The van der Waals surface area contributed by atoms with Crippen molar-refractivity contribution in [3.63, 3.8) is 0 Å². The number of hydrogen-bond acceptors (Lipinski definition) is 4. The lowest BCUT2D eigenvalue weighted by Crippen LogP contribution is -2.41. The maximum absolute atomic E-state index is 14.2. The molecule has 0 saturated heterocycles. The third-order valence-corrected chi connectivity index (χ3v) is 4.38. The van der Waals surface area contributed by atoms with Gasteiger partial charge in [-0.05, 0) is 18.6 Å². The van der Waals surface area contributed by atoms with E-state index in [1.54, 1.807) is 6.92 Å². The number of sulfone groups is 1. The molecule has 1 rings (SSSR count). The summed E-state index contributed by atoms with van der Waals surface area (Å²) < 4.78 is 37.5. The lowest BCUT2D eigenvalue weighted by molar-refractivity contribution is -0.139. The molecule has 122 valence electrons. The van der Waals surface area contributed by atoms with E-state index in [0.717, 1.165) is 18.4 Å². The predicted molar refractivity (Wildman–Crippen MR) is 81.0 cm³/mol. The van der Waals surface area contributed by atoms with E-state index >= 15 is 0 Å². The molecule has 0 aliphatic carbocycles. The lowest BCUT2D eigenvalue weighted by atomic mass is 10.1. The van der Waals surface area contributed by atoms with Gasteiger partial charge in [0, 0.05) is 10.7 Å². The molecular weight excluding hydrogens is 381 g/mol. The molecule has 6 nitrogen and oxygen atoms in total. The van der Waals surface area contributed by atoms with E-state index in [2.05, 4.69) is 21.2 Å². The Kier molecular flexibility index (Phi) is 6.07. The molecule has 22 heavy (non-hydrogen) atoms. The Morgan fingerprint density at radius 3 is 2.45 bits per heavy atom. The van der Waals surface area contributed by atoms with Gasteiger partial charge in [-0.1, -0.05) is 29.3 Å². The molecule has 0 saturated carbocycles. The smallest absolute Gasteiger partial charge is 0.326 e. The SMILES string of the molecule is CCCC(NC(=O)c1cc(Br)cc(S(C)(=O)=O)c1F)C(=O)O. The zero-order valence-electron chi connectivity index (χ0n) is 11.9. The number of aliphatic carboxylic acids is 1. The molecule has 0 aliphatic rings. The first-order chi connectivity index (χ1) is 10.1. The summed E-state index contributed by atoms with van der Waals surface area (Å²) in [6.07, 6.45) is 1.50. The van der Waals surface area contributed by atoms with Gasteiger partial charge in [0.25, 0.3) is 5.91 Å². The molecule has 0 spiro atoms. The van der Waals surface area contributed by atoms with E-state index in [4.69, 9.17) is 5.11 Å². The fraction of sp³-hybridized carbons (Fsp3) is 0.385. The minimum Gasteiger partial charge on any atom is -0.480 e. The molecule has 1 atom stereocenters. The normalized spacial score (nSPS) is 12.7. The highest BCUT2D eigenvalue weighted by atomic mass is 79.9. The number of carboxylic acid groups (broad SMARTS) is 1. The Hall–Kier alpha value is -1.48. The van der Waals surface area contributed by atoms with Gasteiger partial charge in [-0.25, -0.2) is 17.6 Å². The number of carboxylic acids is 1. The Morgan fingerprint density at radius 2 is 2.00 bits per heavy atom. The van der Waals surface area contributed by atoms with Gasteiger partial charge in [0.05, 0.1) is 5.56 Å². The Morgan fingerprint density at radius 1 is 1.41 bits per heavy atom. The maximum atomic E-state index is 14.2. The minimum atomic E-state index is -3.87. The first-order valence-corrected chi connectivity index (χ1v) is 8.99. The number of hydrogen-bond donors (Lipinski definition) is 2. The predicted octanol–water partition coefficient (Wildman–Crippen LogP) is 1.97. The zero-order valence-corrected chi connectivity index (χ0v) is 14.3. The van der Waals surface area contributed by atoms with Gasteiger partial charge >= 0.3 is 5.97 Å². The van der Waals surface area contributed by atoms with Crippen LogP contribution in [0.3, 0.4) is 0 Å². The van der Waals surface area contributed by atoms with E-state index in [1.807, 2.05) is 0 Å². The summed E-state index contributed by atoms with van der Waals surface area (Å²) in [6, 6.07) is 0.976.